The van der Waals surface area contributed by atoms with Crippen LogP contribution in [0, 0.1) is 12.7 Å². The molecule has 0 saturated heterocycles. The van der Waals surface area contributed by atoms with E-state index in [9.17, 15) is 14.3 Å². The van der Waals surface area contributed by atoms with Gasteiger partial charge in [-0.3, -0.25) is 14.6 Å². The maximum atomic E-state index is 13.2. The zero-order chi connectivity index (χ0) is 34.7. The van der Waals surface area contributed by atoms with Crippen LogP contribution in [-0.4, -0.2) is 27.4 Å². The Balaban J connectivity index is -0.000000949. The molecule has 0 aliphatic carbocycles. The van der Waals surface area contributed by atoms with Crippen LogP contribution < -0.4 is 9.78 Å². The van der Waals surface area contributed by atoms with Crippen molar-refractivity contribution in [1.29, 1.82) is 0 Å². The van der Waals surface area contributed by atoms with Gasteiger partial charge in [0, 0.05) is 22.8 Å². The van der Waals surface area contributed by atoms with Crippen molar-refractivity contribution in [3.63, 3.8) is 0 Å². The predicted octanol–water partition coefficient (Wildman–Crippen LogP) is 10.7. The summed E-state index contributed by atoms with van der Waals surface area (Å²) in [5.41, 5.74) is 3.39. The minimum absolute atomic E-state index is 0.0397. The molecule has 0 radical (unpaired) electrons. The number of aromatic hydroxyl groups is 1. The molecule has 0 aliphatic heterocycles. The topological polar surface area (TPSA) is 96.2 Å². The van der Waals surface area contributed by atoms with E-state index in [1.54, 1.807) is 43.3 Å². The lowest BCUT2D eigenvalue weighted by Gasteiger charge is -2.14. The van der Waals surface area contributed by atoms with Gasteiger partial charge in [0.2, 0.25) is 0 Å². The molecule has 1 unspecified atom stereocenters. The monoisotopic (exact) mass is 618 g/mol. The average Bonchev–Trinajstić information content (AvgIpc) is 3.04. The Hall–Kier alpha value is -3.58. The molecule has 0 saturated carbocycles. The molecule has 250 valence electrons. The highest BCUT2D eigenvalue weighted by Gasteiger charge is 2.15. The number of aliphatic hydroxyl groups excluding tert-OH is 1. The minimum atomic E-state index is -0.976. The Morgan fingerprint density at radius 2 is 1.30 bits per heavy atom. The second-order valence-corrected chi connectivity index (χ2v) is 8.94. The lowest BCUT2D eigenvalue weighted by molar-refractivity contribution is -0.136. The van der Waals surface area contributed by atoms with E-state index in [0.717, 1.165) is 17.5 Å². The summed E-state index contributed by atoms with van der Waals surface area (Å²) in [6, 6.07) is 14.2. The molecule has 44 heavy (non-hydrogen) atoms. The number of rotatable bonds is 9. The number of aliphatic carboxylic acids is 1. The van der Waals surface area contributed by atoms with Gasteiger partial charge < -0.3 is 15.3 Å². The summed E-state index contributed by atoms with van der Waals surface area (Å²) < 4.78 is 13.2. The number of unbranched alkanes of at least 4 members (excludes halogenated alkanes) is 1. The van der Waals surface area contributed by atoms with Gasteiger partial charge >= 0.3 is 5.97 Å². The Kier molecular flexibility index (Phi) is 28.8. The summed E-state index contributed by atoms with van der Waals surface area (Å²) in [5.74, 6) is -0.759. The van der Waals surface area contributed by atoms with E-state index in [2.05, 4.69) is 13.8 Å². The van der Waals surface area contributed by atoms with Crippen molar-refractivity contribution >= 4 is 5.97 Å². The van der Waals surface area contributed by atoms with Gasteiger partial charge in [0.25, 0.3) is 0 Å². The van der Waals surface area contributed by atoms with E-state index in [1.807, 2.05) is 62.3 Å². The van der Waals surface area contributed by atoms with Crippen LogP contribution in [0.1, 0.15) is 112 Å². The molecule has 0 fully saturated rings. The number of carboxylic acid groups (broad SMARTS) is 1. The zero-order valence-electron chi connectivity index (χ0n) is 29.3. The van der Waals surface area contributed by atoms with Crippen LogP contribution in [0.2, 0.25) is 0 Å². The standard InChI is InChI=1S/C23H21FO5.C4H10O.C4H10.3C2H6/c1-3-15-11-19(16-5-7-18(24)8-6-16)20(25)13-22(15)29-28-21-9-4-14(2)10-17(21)12-23(26)27;1-3-4(2)5;1-3-4-2;3*1-2/h4-11,13,25H,3,12H2,1-2H3,(H,26,27);4-5H,3H2,1-2H3;3-4H2,1-2H3;3*1-2H3. The maximum Gasteiger partial charge on any atom is 0.307 e. The zero-order valence-corrected chi connectivity index (χ0v) is 29.3. The van der Waals surface area contributed by atoms with Gasteiger partial charge in [-0.1, -0.05) is 112 Å². The van der Waals surface area contributed by atoms with Gasteiger partial charge in [0.1, 0.15) is 11.6 Å². The Morgan fingerprint density at radius 1 is 0.795 bits per heavy atom. The number of carboxylic acids is 1. The van der Waals surface area contributed by atoms with Gasteiger partial charge in [-0.15, -0.1) is 0 Å². The van der Waals surface area contributed by atoms with E-state index in [0.29, 0.717) is 34.6 Å². The smallest absolute Gasteiger partial charge is 0.307 e. The van der Waals surface area contributed by atoms with Gasteiger partial charge in [-0.25, -0.2) is 4.39 Å². The molecule has 1 atom stereocenters. The number of aliphatic hydroxyl groups is 1. The molecular formula is C37H59FO6. The largest absolute Gasteiger partial charge is 0.507 e. The molecular weight excluding hydrogens is 559 g/mol. The molecule has 0 heterocycles. The highest BCUT2D eigenvalue weighted by atomic mass is 19.1. The first-order chi connectivity index (χ1) is 21.1. The van der Waals surface area contributed by atoms with Crippen LogP contribution in [0.4, 0.5) is 4.39 Å². The quantitative estimate of drug-likeness (QED) is 0.163. The third-order valence-corrected chi connectivity index (χ3v) is 5.58. The summed E-state index contributed by atoms with van der Waals surface area (Å²) in [5, 5.41) is 27.9. The molecule has 6 nitrogen and oxygen atoms in total. The van der Waals surface area contributed by atoms with Gasteiger partial charge in [-0.05, 0) is 56.5 Å². The molecule has 3 rings (SSSR count). The molecule has 3 aromatic carbocycles. The van der Waals surface area contributed by atoms with Crippen LogP contribution in [0.25, 0.3) is 11.1 Å². The first-order valence-electron chi connectivity index (χ1n) is 16.0. The summed E-state index contributed by atoms with van der Waals surface area (Å²) in [6.07, 6.45) is 3.79. The Bertz CT molecular complexity index is 1130. The van der Waals surface area contributed by atoms with Crippen LogP contribution in [-0.2, 0) is 17.6 Å². The van der Waals surface area contributed by atoms with Crippen molar-refractivity contribution in [3.8, 4) is 28.4 Å². The van der Waals surface area contributed by atoms with E-state index in [4.69, 9.17) is 20.0 Å². The summed E-state index contributed by atoms with van der Waals surface area (Å²) in [7, 11) is 0. The van der Waals surface area contributed by atoms with Crippen molar-refractivity contribution in [3.05, 3.63) is 77.1 Å². The van der Waals surface area contributed by atoms with Crippen LogP contribution in [0.15, 0.2) is 54.6 Å². The first kappa shape index (κ1) is 44.9. The SMILES string of the molecule is CC.CC.CC.CCC(C)O.CCCC.CCc1cc(-c2ccc(F)cc2)c(O)cc1OOc1ccc(C)cc1CC(=O)O. The average molecular weight is 619 g/mol. The molecule has 7 heteroatoms. The van der Waals surface area contributed by atoms with Crippen LogP contribution >= 0.6 is 0 Å². The fourth-order valence-corrected chi connectivity index (χ4v) is 3.01. The second-order valence-electron chi connectivity index (χ2n) is 8.94. The minimum Gasteiger partial charge on any atom is -0.507 e. The lowest BCUT2D eigenvalue weighted by Crippen LogP contribution is -2.08. The summed E-state index contributed by atoms with van der Waals surface area (Å²) in [4.78, 5) is 22.0. The van der Waals surface area contributed by atoms with Crippen molar-refractivity contribution in [1.82, 2.24) is 0 Å². The summed E-state index contributed by atoms with van der Waals surface area (Å²) in [6.45, 7) is 23.9. The van der Waals surface area contributed by atoms with Crippen molar-refractivity contribution in [2.75, 3.05) is 0 Å². The molecule has 3 aromatic rings. The Morgan fingerprint density at radius 3 is 1.73 bits per heavy atom. The molecule has 3 N–H and O–H groups in total. The molecule has 0 aliphatic rings. The van der Waals surface area contributed by atoms with E-state index in [-0.39, 0.29) is 24.1 Å². The number of benzene rings is 3. The van der Waals surface area contributed by atoms with Crippen molar-refractivity contribution < 1.29 is 34.3 Å². The fourth-order valence-electron chi connectivity index (χ4n) is 3.01. The van der Waals surface area contributed by atoms with E-state index >= 15 is 0 Å². The fraction of sp³-hybridized carbons (Fsp3) is 0.486. The van der Waals surface area contributed by atoms with Gasteiger partial charge in [-0.2, -0.15) is 0 Å². The number of carbonyl (C=O) groups is 1. The number of hydrogen-bond donors (Lipinski definition) is 3. The normalized spacial score (nSPS) is 9.77. The third-order valence-electron chi connectivity index (χ3n) is 5.58. The molecule has 0 aromatic heterocycles. The van der Waals surface area contributed by atoms with Crippen LogP contribution in [0.3, 0.4) is 0 Å². The molecule has 0 bridgehead atoms. The second kappa shape index (κ2) is 28.2. The van der Waals surface area contributed by atoms with Crippen LogP contribution in [0.5, 0.6) is 17.2 Å². The predicted molar refractivity (Wildman–Crippen MR) is 183 cm³/mol. The Labute approximate surface area is 266 Å². The maximum absolute atomic E-state index is 13.2. The first-order valence-corrected chi connectivity index (χ1v) is 16.0. The van der Waals surface area contributed by atoms with E-state index < -0.39 is 5.97 Å². The third kappa shape index (κ3) is 18.9. The number of hydrogen-bond acceptors (Lipinski definition) is 5. The molecule has 0 spiro atoms. The summed E-state index contributed by atoms with van der Waals surface area (Å²) >= 11 is 0. The highest BCUT2D eigenvalue weighted by Crippen LogP contribution is 2.36. The lowest BCUT2D eigenvalue weighted by atomic mass is 10.00. The highest BCUT2D eigenvalue weighted by molar-refractivity contribution is 5.73. The number of phenols is 1. The van der Waals surface area contributed by atoms with Crippen molar-refractivity contribution in [2.45, 2.75) is 121 Å². The van der Waals surface area contributed by atoms with Crippen molar-refractivity contribution in [2.24, 2.45) is 0 Å². The number of aryl methyl sites for hydroxylation is 2. The molecule has 0 amide bonds. The number of halogens is 1. The van der Waals surface area contributed by atoms with Gasteiger partial charge in [0.15, 0.2) is 11.5 Å². The number of phenolic OH excluding ortho intramolecular Hbond substituents is 1. The van der Waals surface area contributed by atoms with E-state index in [1.165, 1.54) is 31.0 Å². The van der Waals surface area contributed by atoms with Gasteiger partial charge in [0.05, 0.1) is 12.5 Å².